The van der Waals surface area contributed by atoms with Gasteiger partial charge in [-0.3, -0.25) is 4.79 Å². The molecule has 2 saturated heterocycles. The first-order chi connectivity index (χ1) is 9.86. The fourth-order valence-corrected chi connectivity index (χ4v) is 3.33. The van der Waals surface area contributed by atoms with E-state index in [9.17, 15) is 4.79 Å². The van der Waals surface area contributed by atoms with E-state index in [0.29, 0.717) is 0 Å². The summed E-state index contributed by atoms with van der Waals surface area (Å²) in [7, 11) is 0. The van der Waals surface area contributed by atoms with Crippen molar-refractivity contribution < 1.29 is 4.79 Å². The lowest BCUT2D eigenvalue weighted by molar-refractivity contribution is 0.0725. The fraction of sp³-hybridized carbons (Fsp3) is 0.588. The minimum atomic E-state index is 0.228. The van der Waals surface area contributed by atoms with Crippen LogP contribution in [0.3, 0.4) is 0 Å². The van der Waals surface area contributed by atoms with Crippen LogP contribution in [0.2, 0.25) is 0 Å². The number of hydrogen-bond acceptors (Lipinski definition) is 2. The van der Waals surface area contributed by atoms with Crippen LogP contribution in [0.5, 0.6) is 0 Å². The third-order valence-electron chi connectivity index (χ3n) is 4.47. The molecule has 2 heterocycles. The lowest BCUT2D eigenvalue weighted by Gasteiger charge is -2.32. The second kappa shape index (κ2) is 6.29. The van der Waals surface area contributed by atoms with Crippen LogP contribution in [0.1, 0.15) is 48.9 Å². The minimum Gasteiger partial charge on any atom is -0.371 e. The van der Waals surface area contributed by atoms with Gasteiger partial charge in [0.1, 0.15) is 0 Å². The molecule has 0 radical (unpaired) electrons. The molecule has 3 heteroatoms. The van der Waals surface area contributed by atoms with Gasteiger partial charge in [0.25, 0.3) is 5.91 Å². The number of rotatable bonds is 2. The second-order valence-electron chi connectivity index (χ2n) is 5.92. The molecule has 0 aliphatic carbocycles. The molecule has 0 bridgehead atoms. The number of carbonyl (C=O) groups is 1. The Morgan fingerprint density at radius 2 is 1.40 bits per heavy atom. The zero-order valence-corrected chi connectivity index (χ0v) is 12.2. The molecule has 3 nitrogen and oxygen atoms in total. The van der Waals surface area contributed by atoms with Gasteiger partial charge in [-0.25, -0.2) is 0 Å². The van der Waals surface area contributed by atoms with Crippen LogP contribution in [0, 0.1) is 0 Å². The average Bonchev–Trinajstić information content (AvgIpc) is 2.56. The van der Waals surface area contributed by atoms with Crippen molar-refractivity contribution in [2.75, 3.05) is 31.1 Å². The molecule has 0 unspecified atom stereocenters. The highest BCUT2D eigenvalue weighted by Crippen LogP contribution is 2.26. The summed E-state index contributed by atoms with van der Waals surface area (Å²) in [5, 5.41) is 0. The molecule has 0 aromatic heterocycles. The van der Waals surface area contributed by atoms with E-state index in [-0.39, 0.29) is 5.91 Å². The maximum absolute atomic E-state index is 12.8. The number of nitrogens with zero attached hydrogens (tertiary/aromatic N) is 2. The monoisotopic (exact) mass is 272 g/mol. The molecule has 0 saturated carbocycles. The maximum atomic E-state index is 12.8. The third-order valence-corrected chi connectivity index (χ3v) is 4.47. The van der Waals surface area contributed by atoms with Gasteiger partial charge in [0.05, 0.1) is 5.56 Å². The highest BCUT2D eigenvalue weighted by Gasteiger charge is 2.23. The van der Waals surface area contributed by atoms with Gasteiger partial charge < -0.3 is 9.80 Å². The first-order valence-electron chi connectivity index (χ1n) is 7.99. The number of benzene rings is 1. The van der Waals surface area contributed by atoms with Crippen molar-refractivity contribution in [3.8, 4) is 0 Å². The van der Waals surface area contributed by atoms with E-state index < -0.39 is 0 Å². The van der Waals surface area contributed by atoms with Crippen molar-refractivity contribution in [1.82, 2.24) is 4.90 Å². The molecule has 0 spiro atoms. The Hall–Kier alpha value is -1.51. The van der Waals surface area contributed by atoms with E-state index in [1.807, 2.05) is 17.0 Å². The fourth-order valence-electron chi connectivity index (χ4n) is 3.33. The van der Waals surface area contributed by atoms with E-state index >= 15 is 0 Å². The molecular weight excluding hydrogens is 248 g/mol. The predicted octanol–water partition coefficient (Wildman–Crippen LogP) is 3.30. The van der Waals surface area contributed by atoms with Crippen molar-refractivity contribution in [2.24, 2.45) is 0 Å². The van der Waals surface area contributed by atoms with Crippen LogP contribution in [0.15, 0.2) is 24.3 Å². The number of amides is 1. The zero-order chi connectivity index (χ0) is 13.8. The van der Waals surface area contributed by atoms with Gasteiger partial charge in [-0.1, -0.05) is 12.1 Å². The van der Waals surface area contributed by atoms with Crippen LogP contribution in [0.25, 0.3) is 0 Å². The number of piperidine rings is 2. The number of carbonyl (C=O) groups excluding carboxylic acids is 1. The van der Waals surface area contributed by atoms with Crippen LogP contribution >= 0.6 is 0 Å². The van der Waals surface area contributed by atoms with Crippen molar-refractivity contribution in [1.29, 1.82) is 0 Å². The lowest BCUT2D eigenvalue weighted by Crippen LogP contribution is -2.37. The molecule has 3 rings (SSSR count). The summed E-state index contributed by atoms with van der Waals surface area (Å²) in [4.78, 5) is 17.2. The molecule has 0 N–H and O–H groups in total. The Kier molecular flexibility index (Phi) is 4.24. The average molecular weight is 272 g/mol. The standard InChI is InChI=1S/C17H24N2O/c20-17(19-13-7-2-8-14-19)15-9-3-4-10-16(15)18-11-5-1-6-12-18/h3-4,9-10H,1-2,5-8,11-14H2. The molecule has 2 aliphatic rings. The SMILES string of the molecule is O=C(c1ccccc1N1CCCCC1)N1CCCCC1. The van der Waals surface area contributed by atoms with E-state index in [1.54, 1.807) is 0 Å². The van der Waals surface area contributed by atoms with Gasteiger partial charge >= 0.3 is 0 Å². The van der Waals surface area contributed by atoms with Crippen molar-refractivity contribution >= 4 is 11.6 Å². The summed E-state index contributed by atoms with van der Waals surface area (Å²) in [5.74, 6) is 0.228. The molecular formula is C17H24N2O. The molecule has 0 atom stereocenters. The Morgan fingerprint density at radius 3 is 2.10 bits per heavy atom. The molecule has 1 aromatic rings. The smallest absolute Gasteiger partial charge is 0.255 e. The van der Waals surface area contributed by atoms with Gasteiger partial charge in [-0.2, -0.15) is 0 Å². The van der Waals surface area contributed by atoms with E-state index in [0.717, 1.165) is 50.3 Å². The summed E-state index contributed by atoms with van der Waals surface area (Å²) < 4.78 is 0. The number of anilines is 1. The Bertz CT molecular complexity index is 460. The Labute approximate surface area is 121 Å². The summed E-state index contributed by atoms with van der Waals surface area (Å²) in [5.41, 5.74) is 2.04. The van der Waals surface area contributed by atoms with E-state index in [4.69, 9.17) is 0 Å². The van der Waals surface area contributed by atoms with Gasteiger partial charge in [-0.15, -0.1) is 0 Å². The van der Waals surface area contributed by atoms with Crippen LogP contribution in [-0.2, 0) is 0 Å². The summed E-state index contributed by atoms with van der Waals surface area (Å²) >= 11 is 0. The number of likely N-dealkylation sites (tertiary alicyclic amines) is 1. The minimum absolute atomic E-state index is 0.228. The summed E-state index contributed by atoms with van der Waals surface area (Å²) in [6.45, 7) is 4.02. The molecule has 2 fully saturated rings. The van der Waals surface area contributed by atoms with E-state index in [2.05, 4.69) is 17.0 Å². The number of para-hydroxylation sites is 1. The maximum Gasteiger partial charge on any atom is 0.255 e. The molecule has 1 aromatic carbocycles. The highest BCUT2D eigenvalue weighted by molar-refractivity contribution is 5.99. The Morgan fingerprint density at radius 1 is 0.800 bits per heavy atom. The van der Waals surface area contributed by atoms with Crippen LogP contribution < -0.4 is 4.90 Å². The molecule has 2 aliphatic heterocycles. The molecule has 108 valence electrons. The Balaban J connectivity index is 1.82. The predicted molar refractivity (Wildman–Crippen MR) is 82.3 cm³/mol. The van der Waals surface area contributed by atoms with Crippen molar-refractivity contribution in [3.63, 3.8) is 0 Å². The zero-order valence-electron chi connectivity index (χ0n) is 12.2. The van der Waals surface area contributed by atoms with Gasteiger partial charge in [0.15, 0.2) is 0 Å². The molecule has 20 heavy (non-hydrogen) atoms. The van der Waals surface area contributed by atoms with Crippen molar-refractivity contribution in [3.05, 3.63) is 29.8 Å². The van der Waals surface area contributed by atoms with Gasteiger partial charge in [0, 0.05) is 31.9 Å². The summed E-state index contributed by atoms with van der Waals surface area (Å²) in [6, 6.07) is 8.16. The summed E-state index contributed by atoms with van der Waals surface area (Å²) in [6.07, 6.45) is 7.37. The number of hydrogen-bond donors (Lipinski definition) is 0. The topological polar surface area (TPSA) is 23.6 Å². The third kappa shape index (κ3) is 2.82. The quantitative estimate of drug-likeness (QED) is 0.824. The van der Waals surface area contributed by atoms with Gasteiger partial charge in [-0.05, 0) is 50.7 Å². The first-order valence-corrected chi connectivity index (χ1v) is 7.99. The second-order valence-corrected chi connectivity index (χ2v) is 5.92. The normalized spacial score (nSPS) is 20.0. The lowest BCUT2D eigenvalue weighted by atomic mass is 10.0. The molecule has 1 amide bonds. The van der Waals surface area contributed by atoms with Gasteiger partial charge in [0.2, 0.25) is 0 Å². The highest BCUT2D eigenvalue weighted by atomic mass is 16.2. The largest absolute Gasteiger partial charge is 0.371 e. The van der Waals surface area contributed by atoms with E-state index in [1.165, 1.54) is 25.7 Å². The van der Waals surface area contributed by atoms with Crippen LogP contribution in [-0.4, -0.2) is 37.0 Å². The first kappa shape index (κ1) is 13.5. The van der Waals surface area contributed by atoms with Crippen LogP contribution in [0.4, 0.5) is 5.69 Å². The van der Waals surface area contributed by atoms with Crippen molar-refractivity contribution in [2.45, 2.75) is 38.5 Å².